The fourth-order valence-electron chi connectivity index (χ4n) is 2.55. The lowest BCUT2D eigenvalue weighted by Gasteiger charge is -2.29. The highest BCUT2D eigenvalue weighted by Gasteiger charge is 2.32. The van der Waals surface area contributed by atoms with Crippen LogP contribution in [0.4, 0.5) is 17.6 Å². The molecule has 0 spiro atoms. The fraction of sp³-hybridized carbons (Fsp3) is 0.350. The van der Waals surface area contributed by atoms with Crippen LogP contribution in [0.25, 0.3) is 0 Å². The van der Waals surface area contributed by atoms with Crippen molar-refractivity contribution in [3.63, 3.8) is 0 Å². The van der Waals surface area contributed by atoms with E-state index in [1.54, 1.807) is 33.1 Å². The predicted octanol–water partition coefficient (Wildman–Crippen LogP) is 5.58. The largest absolute Gasteiger partial charge is 0.497 e. The van der Waals surface area contributed by atoms with Gasteiger partial charge in [-0.25, -0.2) is 22.4 Å². The quantitative estimate of drug-likeness (QED) is 0.177. The highest BCUT2D eigenvalue weighted by atomic mass is 79.9. The monoisotopic (exact) mass is 462 g/mol. The number of methoxy groups -OCH3 is 1. The van der Waals surface area contributed by atoms with E-state index >= 15 is 0 Å². The first-order valence-corrected chi connectivity index (χ1v) is 9.19. The molecule has 0 radical (unpaired) electrons. The summed E-state index contributed by atoms with van der Waals surface area (Å²) in [6.45, 7) is 3.47. The van der Waals surface area contributed by atoms with Gasteiger partial charge in [0, 0.05) is 0 Å². The molecule has 0 aliphatic heterocycles. The minimum absolute atomic E-state index is 0.290. The molecule has 0 aliphatic rings. The molecule has 2 rings (SSSR count). The van der Waals surface area contributed by atoms with E-state index in [2.05, 4.69) is 15.9 Å². The number of benzene rings is 2. The number of rotatable bonds is 7. The molecule has 0 aliphatic carbocycles. The number of hydrogen-bond donors (Lipinski definition) is 0. The van der Waals surface area contributed by atoms with Gasteiger partial charge in [-0.3, -0.25) is 0 Å². The molecule has 0 N–H and O–H groups in total. The number of carbonyl (C=O) groups excluding carboxylic acids is 1. The second-order valence-electron chi connectivity index (χ2n) is 6.69. The van der Waals surface area contributed by atoms with Gasteiger partial charge in [0.2, 0.25) is 0 Å². The Bertz CT molecular complexity index is 848. The average Bonchev–Trinajstić information content (AvgIpc) is 2.65. The third kappa shape index (κ3) is 5.25. The van der Waals surface area contributed by atoms with Crippen molar-refractivity contribution in [2.75, 3.05) is 7.11 Å². The zero-order chi connectivity index (χ0) is 21.1. The Balaban J connectivity index is 2.17. The van der Waals surface area contributed by atoms with E-state index in [0.717, 1.165) is 5.56 Å². The van der Waals surface area contributed by atoms with E-state index in [1.807, 2.05) is 12.1 Å². The van der Waals surface area contributed by atoms with Crippen molar-refractivity contribution >= 4 is 21.9 Å². The Labute approximate surface area is 168 Å². The number of aryl methyl sites for hydroxylation is 1. The summed E-state index contributed by atoms with van der Waals surface area (Å²) in [4.78, 5) is 12.3. The Morgan fingerprint density at radius 2 is 1.68 bits per heavy atom. The van der Waals surface area contributed by atoms with Crippen molar-refractivity contribution in [1.82, 2.24) is 0 Å². The topological polar surface area (TPSA) is 35.5 Å². The van der Waals surface area contributed by atoms with Crippen LogP contribution in [0.2, 0.25) is 0 Å². The van der Waals surface area contributed by atoms with E-state index in [4.69, 9.17) is 9.47 Å². The van der Waals surface area contributed by atoms with Gasteiger partial charge in [0.25, 0.3) is 0 Å². The van der Waals surface area contributed by atoms with Crippen molar-refractivity contribution in [1.29, 1.82) is 0 Å². The molecule has 0 fully saturated rings. The number of hydrogen-bond acceptors (Lipinski definition) is 3. The highest BCUT2D eigenvalue weighted by molar-refractivity contribution is 9.10. The first-order valence-electron chi connectivity index (χ1n) is 8.40. The van der Waals surface area contributed by atoms with Crippen LogP contribution in [-0.4, -0.2) is 23.5 Å². The van der Waals surface area contributed by atoms with Crippen LogP contribution >= 0.6 is 15.9 Å². The molecular weight excluding hydrogens is 444 g/mol. The highest BCUT2D eigenvalue weighted by Crippen LogP contribution is 2.29. The normalized spacial score (nSPS) is 12.6. The molecule has 0 unspecified atom stereocenters. The van der Waals surface area contributed by atoms with Crippen molar-refractivity contribution in [2.45, 2.75) is 37.1 Å². The molecule has 0 heterocycles. The maximum atomic E-state index is 13.9. The minimum Gasteiger partial charge on any atom is -0.497 e. The van der Waals surface area contributed by atoms with E-state index in [-0.39, 0.29) is 6.07 Å². The number of esters is 1. The maximum Gasteiger partial charge on any atom is 0.341 e. The smallest absolute Gasteiger partial charge is 0.341 e. The fourth-order valence-corrected chi connectivity index (χ4v) is 2.87. The first-order chi connectivity index (χ1) is 13.0. The summed E-state index contributed by atoms with van der Waals surface area (Å²) in [6, 6.07) is 7.56. The van der Waals surface area contributed by atoms with Crippen LogP contribution in [-0.2, 0) is 11.2 Å². The summed E-state index contributed by atoms with van der Waals surface area (Å²) in [5.74, 6) is -8.07. The molecule has 0 aromatic heterocycles. The Morgan fingerprint density at radius 3 is 2.21 bits per heavy atom. The third-order valence-electron chi connectivity index (χ3n) is 4.19. The van der Waals surface area contributed by atoms with Crippen LogP contribution in [0.3, 0.4) is 0 Å². The number of carbonyl (C=O) groups is 1. The molecule has 1 atom stereocenters. The van der Waals surface area contributed by atoms with Crippen LogP contribution in [0.15, 0.2) is 30.3 Å². The lowest BCUT2D eigenvalue weighted by Crippen LogP contribution is -2.35. The van der Waals surface area contributed by atoms with Gasteiger partial charge in [0.05, 0.1) is 11.4 Å². The summed E-state index contributed by atoms with van der Waals surface area (Å²) in [5.41, 5.74) is -0.0498. The Hall–Kier alpha value is -2.09. The lowest BCUT2D eigenvalue weighted by molar-refractivity contribution is 0.0207. The standard InChI is InChI=1S/C20H19BrF4O3/c1-20(2,21)15(9-6-11-4-7-12(27-3)8-5-11)28-19(26)13-10-14(22)17(24)18(25)16(13)23/h4-5,7-8,10,15H,6,9H2,1-3H3/t15-/m1/s1. The SMILES string of the molecule is COc1ccc(CC[C@@H](OC(=O)c2cc(F)c(F)c(F)c2F)C(C)(C)Br)cc1. The van der Waals surface area contributed by atoms with Gasteiger partial charge in [-0.15, -0.1) is 0 Å². The van der Waals surface area contributed by atoms with Crippen LogP contribution in [0.1, 0.15) is 36.2 Å². The van der Waals surface area contributed by atoms with Gasteiger partial charge < -0.3 is 9.47 Å². The summed E-state index contributed by atoms with van der Waals surface area (Å²) in [6.07, 6.45) is 0.119. The van der Waals surface area contributed by atoms with Crippen LogP contribution in [0, 0.1) is 23.3 Å². The molecule has 3 nitrogen and oxygen atoms in total. The molecule has 0 amide bonds. The number of alkyl halides is 1. The molecule has 2 aromatic carbocycles. The molecular formula is C20H19BrF4O3. The van der Waals surface area contributed by atoms with Crippen LogP contribution < -0.4 is 4.74 Å². The van der Waals surface area contributed by atoms with Gasteiger partial charge in [-0.1, -0.05) is 28.1 Å². The van der Waals surface area contributed by atoms with Crippen molar-refractivity contribution in [3.8, 4) is 5.75 Å². The molecule has 0 saturated carbocycles. The van der Waals surface area contributed by atoms with Crippen molar-refractivity contribution in [2.24, 2.45) is 0 Å². The van der Waals surface area contributed by atoms with E-state index in [0.29, 0.717) is 18.6 Å². The average molecular weight is 463 g/mol. The zero-order valence-corrected chi connectivity index (χ0v) is 17.1. The third-order valence-corrected chi connectivity index (χ3v) is 4.70. The molecule has 2 aromatic rings. The number of ether oxygens (including phenoxy) is 2. The molecule has 0 bridgehead atoms. The second kappa shape index (κ2) is 8.94. The van der Waals surface area contributed by atoms with Gasteiger partial charge in [-0.05, 0) is 50.5 Å². The molecule has 0 saturated heterocycles. The lowest BCUT2D eigenvalue weighted by atomic mass is 9.98. The summed E-state index contributed by atoms with van der Waals surface area (Å²) < 4.78 is 63.4. The van der Waals surface area contributed by atoms with E-state index < -0.39 is 45.2 Å². The van der Waals surface area contributed by atoms with Gasteiger partial charge in [-0.2, -0.15) is 0 Å². The molecule has 8 heteroatoms. The summed E-state index contributed by atoms with van der Waals surface area (Å²) in [7, 11) is 1.55. The molecule has 152 valence electrons. The predicted molar refractivity (Wildman–Crippen MR) is 99.8 cm³/mol. The second-order valence-corrected chi connectivity index (χ2v) is 8.74. The first kappa shape index (κ1) is 22.2. The van der Waals surface area contributed by atoms with Crippen molar-refractivity contribution < 1.29 is 31.8 Å². The van der Waals surface area contributed by atoms with Gasteiger partial charge in [0.15, 0.2) is 23.3 Å². The zero-order valence-electron chi connectivity index (χ0n) is 15.5. The van der Waals surface area contributed by atoms with E-state index in [1.165, 1.54) is 0 Å². The molecule has 28 heavy (non-hydrogen) atoms. The number of halogens is 5. The van der Waals surface area contributed by atoms with Gasteiger partial charge in [0.1, 0.15) is 17.4 Å². The van der Waals surface area contributed by atoms with Crippen LogP contribution in [0.5, 0.6) is 5.75 Å². The Morgan fingerprint density at radius 1 is 1.07 bits per heavy atom. The van der Waals surface area contributed by atoms with Gasteiger partial charge >= 0.3 is 5.97 Å². The Kier molecular flexibility index (Phi) is 7.09. The minimum atomic E-state index is -2.06. The van der Waals surface area contributed by atoms with E-state index in [9.17, 15) is 22.4 Å². The summed E-state index contributed by atoms with van der Waals surface area (Å²) in [5, 5.41) is 0. The summed E-state index contributed by atoms with van der Waals surface area (Å²) >= 11 is 3.40. The van der Waals surface area contributed by atoms with Crippen molar-refractivity contribution in [3.05, 3.63) is 64.7 Å². The maximum absolute atomic E-state index is 13.9.